The number of anilines is 1. The van der Waals surface area contributed by atoms with Gasteiger partial charge in [-0.2, -0.15) is 0 Å². The van der Waals surface area contributed by atoms with Crippen molar-refractivity contribution in [3.05, 3.63) is 58.6 Å². The van der Waals surface area contributed by atoms with Crippen molar-refractivity contribution in [3.63, 3.8) is 0 Å². The molecule has 4 nitrogen and oxygen atoms in total. The van der Waals surface area contributed by atoms with Gasteiger partial charge in [-0.1, -0.05) is 46.3 Å². The molecular formula is C17H16BrN3O. The van der Waals surface area contributed by atoms with Gasteiger partial charge in [-0.25, -0.2) is 4.98 Å². The molecule has 1 aromatic heterocycles. The van der Waals surface area contributed by atoms with Gasteiger partial charge in [-0.3, -0.25) is 0 Å². The summed E-state index contributed by atoms with van der Waals surface area (Å²) in [6.07, 6.45) is 0.0533. The zero-order chi connectivity index (χ0) is 14.9. The molecule has 2 aromatic carbocycles. The van der Waals surface area contributed by atoms with Gasteiger partial charge in [0.05, 0.1) is 24.2 Å². The monoisotopic (exact) mass is 357 g/mol. The molecule has 1 unspecified atom stereocenters. The predicted octanol–water partition coefficient (Wildman–Crippen LogP) is 3.90. The molecule has 0 amide bonds. The molecular weight excluding hydrogens is 342 g/mol. The molecule has 1 aliphatic rings. The van der Waals surface area contributed by atoms with Gasteiger partial charge in [-0.15, -0.1) is 0 Å². The third-order valence-corrected chi connectivity index (χ3v) is 4.72. The van der Waals surface area contributed by atoms with E-state index in [1.165, 1.54) is 5.56 Å². The molecule has 1 N–H and O–H groups in total. The van der Waals surface area contributed by atoms with Gasteiger partial charge in [0.25, 0.3) is 0 Å². The minimum absolute atomic E-state index is 0.0533. The van der Waals surface area contributed by atoms with Gasteiger partial charge in [0, 0.05) is 11.0 Å². The highest BCUT2D eigenvalue weighted by atomic mass is 79.9. The van der Waals surface area contributed by atoms with Crippen LogP contribution in [0.1, 0.15) is 11.7 Å². The third-order valence-electron chi connectivity index (χ3n) is 3.99. The van der Waals surface area contributed by atoms with Gasteiger partial charge >= 0.3 is 0 Å². The van der Waals surface area contributed by atoms with Crippen LogP contribution in [0.15, 0.2) is 53.0 Å². The number of para-hydroxylation sites is 2. The van der Waals surface area contributed by atoms with Crippen molar-refractivity contribution < 1.29 is 4.74 Å². The number of ether oxygens (including phenoxy) is 1. The fourth-order valence-corrected chi connectivity index (χ4v) is 3.40. The Hall–Kier alpha value is -1.85. The lowest BCUT2D eigenvalue weighted by Gasteiger charge is -2.33. The first-order valence-electron chi connectivity index (χ1n) is 7.37. The van der Waals surface area contributed by atoms with Crippen LogP contribution in [0.3, 0.4) is 0 Å². The highest BCUT2D eigenvalue weighted by Crippen LogP contribution is 2.30. The number of hydrogen-bond acceptors (Lipinski definition) is 3. The molecule has 22 heavy (non-hydrogen) atoms. The second-order valence-corrected chi connectivity index (χ2v) is 6.26. The fraction of sp³-hybridized carbons (Fsp3) is 0.235. The Morgan fingerprint density at radius 3 is 2.82 bits per heavy atom. The molecule has 1 saturated heterocycles. The quantitative estimate of drug-likeness (QED) is 0.755. The first-order chi connectivity index (χ1) is 10.8. The molecule has 1 aliphatic heterocycles. The number of rotatable bonds is 2. The molecule has 1 atom stereocenters. The van der Waals surface area contributed by atoms with Crippen molar-refractivity contribution in [2.45, 2.75) is 6.10 Å². The lowest BCUT2D eigenvalue weighted by Crippen LogP contribution is -2.39. The Bertz CT molecular complexity index is 768. The average molecular weight is 358 g/mol. The van der Waals surface area contributed by atoms with Crippen molar-refractivity contribution in [1.82, 2.24) is 9.97 Å². The molecule has 5 heteroatoms. The van der Waals surface area contributed by atoms with Gasteiger partial charge in [0.2, 0.25) is 5.95 Å². The van der Waals surface area contributed by atoms with E-state index in [1.807, 2.05) is 30.3 Å². The van der Waals surface area contributed by atoms with Crippen LogP contribution < -0.4 is 4.90 Å². The molecule has 4 rings (SSSR count). The number of hydrogen-bond donors (Lipinski definition) is 1. The first kappa shape index (κ1) is 13.8. The summed E-state index contributed by atoms with van der Waals surface area (Å²) in [6.45, 7) is 2.34. The van der Waals surface area contributed by atoms with E-state index in [1.54, 1.807) is 0 Å². The van der Waals surface area contributed by atoms with Gasteiger partial charge in [0.1, 0.15) is 6.10 Å². The molecule has 1 fully saturated rings. The lowest BCUT2D eigenvalue weighted by molar-refractivity contribution is 0.0388. The number of H-pyrrole nitrogens is 1. The summed E-state index contributed by atoms with van der Waals surface area (Å²) in [5.74, 6) is 0.918. The normalized spacial score (nSPS) is 18.8. The summed E-state index contributed by atoms with van der Waals surface area (Å²) in [7, 11) is 0. The second-order valence-electron chi connectivity index (χ2n) is 5.40. The van der Waals surface area contributed by atoms with Crippen LogP contribution in [-0.2, 0) is 4.74 Å². The number of imidazole rings is 1. The Morgan fingerprint density at radius 2 is 1.95 bits per heavy atom. The molecule has 0 aliphatic carbocycles. The van der Waals surface area contributed by atoms with E-state index >= 15 is 0 Å². The first-order valence-corrected chi connectivity index (χ1v) is 8.16. The molecule has 0 radical (unpaired) electrons. The van der Waals surface area contributed by atoms with E-state index in [2.05, 4.69) is 44.0 Å². The van der Waals surface area contributed by atoms with E-state index in [9.17, 15) is 0 Å². The molecule has 0 bridgehead atoms. The van der Waals surface area contributed by atoms with Crippen molar-refractivity contribution in [3.8, 4) is 0 Å². The van der Waals surface area contributed by atoms with Crippen LogP contribution in [0.4, 0.5) is 5.95 Å². The Kier molecular flexibility index (Phi) is 3.60. The number of aromatic nitrogens is 2. The maximum Gasteiger partial charge on any atom is 0.204 e. The van der Waals surface area contributed by atoms with Crippen LogP contribution in [0.25, 0.3) is 11.0 Å². The summed E-state index contributed by atoms with van der Waals surface area (Å²) in [5, 5.41) is 0. The van der Waals surface area contributed by atoms with Crippen LogP contribution >= 0.6 is 15.9 Å². The van der Waals surface area contributed by atoms with E-state index in [4.69, 9.17) is 9.72 Å². The maximum absolute atomic E-state index is 5.96. The largest absolute Gasteiger partial charge is 0.370 e. The molecule has 0 spiro atoms. The second kappa shape index (κ2) is 5.74. The Balaban J connectivity index is 1.62. The zero-order valence-electron chi connectivity index (χ0n) is 12.0. The highest BCUT2D eigenvalue weighted by molar-refractivity contribution is 9.10. The van der Waals surface area contributed by atoms with Crippen molar-refractivity contribution in [1.29, 1.82) is 0 Å². The summed E-state index contributed by atoms with van der Waals surface area (Å²) < 4.78 is 7.05. The number of halogens is 1. The molecule has 2 heterocycles. The van der Waals surface area contributed by atoms with Crippen LogP contribution in [0.2, 0.25) is 0 Å². The minimum Gasteiger partial charge on any atom is -0.370 e. The van der Waals surface area contributed by atoms with Crippen molar-refractivity contribution in [2.75, 3.05) is 24.6 Å². The van der Waals surface area contributed by atoms with E-state index < -0.39 is 0 Å². The molecule has 0 saturated carbocycles. The van der Waals surface area contributed by atoms with Crippen LogP contribution in [-0.4, -0.2) is 29.7 Å². The smallest absolute Gasteiger partial charge is 0.204 e. The minimum atomic E-state index is 0.0533. The van der Waals surface area contributed by atoms with Gasteiger partial charge in [0.15, 0.2) is 0 Å². The molecule has 112 valence electrons. The number of aromatic amines is 1. The SMILES string of the molecule is Brc1ccccc1C1CN(c2nc3ccccc3[nH]2)CCO1. The van der Waals surface area contributed by atoms with E-state index in [0.29, 0.717) is 6.61 Å². The van der Waals surface area contributed by atoms with Crippen molar-refractivity contribution in [2.24, 2.45) is 0 Å². The van der Waals surface area contributed by atoms with Gasteiger partial charge < -0.3 is 14.6 Å². The number of benzene rings is 2. The Labute approximate surface area is 137 Å². The summed E-state index contributed by atoms with van der Waals surface area (Å²) in [6, 6.07) is 16.3. The van der Waals surface area contributed by atoms with Crippen LogP contribution in [0.5, 0.6) is 0 Å². The van der Waals surface area contributed by atoms with E-state index in [0.717, 1.165) is 34.5 Å². The fourth-order valence-electron chi connectivity index (χ4n) is 2.86. The van der Waals surface area contributed by atoms with E-state index in [-0.39, 0.29) is 6.10 Å². The summed E-state index contributed by atoms with van der Waals surface area (Å²) in [4.78, 5) is 10.3. The maximum atomic E-state index is 5.96. The highest BCUT2D eigenvalue weighted by Gasteiger charge is 2.25. The third kappa shape index (κ3) is 2.51. The van der Waals surface area contributed by atoms with Crippen molar-refractivity contribution >= 4 is 32.9 Å². The average Bonchev–Trinajstić information content (AvgIpc) is 2.99. The number of morpholine rings is 1. The Morgan fingerprint density at radius 1 is 1.14 bits per heavy atom. The standard InChI is InChI=1S/C17H16BrN3O/c18-13-6-2-1-5-12(13)16-11-21(9-10-22-16)17-19-14-7-3-4-8-15(14)20-17/h1-8,16H,9-11H2,(H,19,20). The topological polar surface area (TPSA) is 41.2 Å². The summed E-state index contributed by atoms with van der Waals surface area (Å²) >= 11 is 3.61. The lowest BCUT2D eigenvalue weighted by atomic mass is 10.1. The number of fused-ring (bicyclic) bond motifs is 1. The number of nitrogens with zero attached hydrogens (tertiary/aromatic N) is 2. The summed E-state index contributed by atoms with van der Waals surface area (Å²) in [5.41, 5.74) is 3.26. The zero-order valence-corrected chi connectivity index (χ0v) is 13.6. The van der Waals surface area contributed by atoms with Gasteiger partial charge in [-0.05, 0) is 23.8 Å². The predicted molar refractivity (Wildman–Crippen MR) is 91.1 cm³/mol. The number of nitrogens with one attached hydrogen (secondary N) is 1. The van der Waals surface area contributed by atoms with Crippen LogP contribution in [0, 0.1) is 0 Å². The molecule has 3 aromatic rings.